The van der Waals surface area contributed by atoms with E-state index in [1.807, 2.05) is 0 Å². The molecule has 38 heavy (non-hydrogen) atoms. The lowest BCUT2D eigenvalue weighted by Crippen LogP contribution is -2.62. The van der Waals surface area contributed by atoms with Crippen molar-refractivity contribution in [3.05, 3.63) is 11.6 Å². The van der Waals surface area contributed by atoms with Crippen molar-refractivity contribution in [2.45, 2.75) is 129 Å². The molecular formula is C31H50O6Si. The van der Waals surface area contributed by atoms with Crippen LogP contribution in [0.2, 0.25) is 18.1 Å². The summed E-state index contributed by atoms with van der Waals surface area (Å²) in [6, 6.07) is 0. The number of aliphatic hydroxyl groups is 1. The molecule has 0 aromatic carbocycles. The summed E-state index contributed by atoms with van der Waals surface area (Å²) < 4.78 is 18.1. The molecule has 0 aromatic rings. The third-order valence-corrected chi connectivity index (χ3v) is 17.0. The van der Waals surface area contributed by atoms with Gasteiger partial charge in [-0.3, -0.25) is 4.79 Å². The second-order valence-electron chi connectivity index (χ2n) is 15.3. The first-order chi connectivity index (χ1) is 17.5. The molecule has 4 saturated carbocycles. The third-order valence-electron chi connectivity index (χ3n) is 12.5. The topological polar surface area (TPSA) is 82.1 Å². The predicted octanol–water partition coefficient (Wildman–Crippen LogP) is 6.18. The van der Waals surface area contributed by atoms with Crippen molar-refractivity contribution in [1.82, 2.24) is 0 Å². The lowest BCUT2D eigenvalue weighted by Gasteiger charge is -2.63. The summed E-state index contributed by atoms with van der Waals surface area (Å²) in [7, 11) is -1.82. The number of fused-ring (bicyclic) bond motifs is 5. The molecule has 9 atom stereocenters. The van der Waals surface area contributed by atoms with Gasteiger partial charge < -0.3 is 19.0 Å². The van der Waals surface area contributed by atoms with Gasteiger partial charge in [0.05, 0.1) is 5.60 Å². The fourth-order valence-electron chi connectivity index (χ4n) is 9.44. The molecule has 0 saturated heterocycles. The molecule has 0 amide bonds. The minimum atomic E-state index is -1.82. The van der Waals surface area contributed by atoms with Crippen LogP contribution in [0.4, 0.5) is 0 Å². The number of hydrogen-bond acceptors (Lipinski definition) is 6. The largest absolute Gasteiger partial charge is 0.462 e. The molecule has 7 heteroatoms. The van der Waals surface area contributed by atoms with E-state index in [4.69, 9.17) is 13.9 Å². The maximum Gasteiger partial charge on any atom is 0.331 e. The molecule has 5 rings (SSSR count). The van der Waals surface area contributed by atoms with Gasteiger partial charge in [-0.15, -0.1) is 0 Å². The minimum Gasteiger partial charge on any atom is -0.462 e. The van der Waals surface area contributed by atoms with Gasteiger partial charge in [-0.25, -0.2) is 4.79 Å². The van der Waals surface area contributed by atoms with Gasteiger partial charge >= 0.3 is 11.9 Å². The van der Waals surface area contributed by atoms with Gasteiger partial charge in [0.15, 0.2) is 8.32 Å². The summed E-state index contributed by atoms with van der Waals surface area (Å²) >= 11 is 0. The third kappa shape index (κ3) is 4.25. The average molecular weight is 547 g/mol. The fraction of sp³-hybridized carbons (Fsp3) is 0.871. The molecule has 0 spiro atoms. The fourth-order valence-corrected chi connectivity index (χ4v) is 10.8. The van der Waals surface area contributed by atoms with Crippen molar-refractivity contribution in [2.24, 2.45) is 34.5 Å². The van der Waals surface area contributed by atoms with Crippen LogP contribution in [0.1, 0.15) is 92.9 Å². The van der Waals surface area contributed by atoms with Crippen LogP contribution >= 0.6 is 0 Å². The van der Waals surface area contributed by atoms with Gasteiger partial charge in [-0.2, -0.15) is 0 Å². The van der Waals surface area contributed by atoms with Crippen LogP contribution in [0.25, 0.3) is 0 Å². The first-order valence-corrected chi connectivity index (χ1v) is 17.9. The van der Waals surface area contributed by atoms with Gasteiger partial charge in [0, 0.05) is 36.9 Å². The Morgan fingerprint density at radius 2 is 1.82 bits per heavy atom. The quantitative estimate of drug-likeness (QED) is 0.335. The van der Waals surface area contributed by atoms with Gasteiger partial charge in [0.25, 0.3) is 0 Å². The zero-order chi connectivity index (χ0) is 27.9. The molecule has 1 aliphatic heterocycles. The van der Waals surface area contributed by atoms with E-state index < -0.39 is 25.4 Å². The summed E-state index contributed by atoms with van der Waals surface area (Å²) in [5.74, 6) is 0.374. The second-order valence-corrected chi connectivity index (χ2v) is 20.1. The van der Waals surface area contributed by atoms with Crippen molar-refractivity contribution in [2.75, 3.05) is 6.61 Å². The van der Waals surface area contributed by atoms with E-state index in [1.54, 1.807) is 6.08 Å². The van der Waals surface area contributed by atoms with Gasteiger partial charge in [-0.05, 0) is 91.8 Å². The number of carbonyl (C=O) groups excluding carboxylic acids is 2. The van der Waals surface area contributed by atoms with Crippen LogP contribution in [0.15, 0.2) is 11.6 Å². The Labute approximate surface area is 230 Å². The second kappa shape index (κ2) is 9.17. The van der Waals surface area contributed by atoms with Crippen molar-refractivity contribution >= 4 is 20.3 Å². The molecule has 0 unspecified atom stereocenters. The maximum absolute atomic E-state index is 12.7. The Balaban J connectivity index is 1.40. The summed E-state index contributed by atoms with van der Waals surface area (Å²) in [6.07, 6.45) is 9.36. The van der Waals surface area contributed by atoms with Gasteiger partial charge in [0.2, 0.25) is 0 Å². The van der Waals surface area contributed by atoms with Crippen LogP contribution in [0, 0.1) is 34.5 Å². The van der Waals surface area contributed by atoms with Crippen LogP contribution in [0.5, 0.6) is 0 Å². The Bertz CT molecular complexity index is 1010. The summed E-state index contributed by atoms with van der Waals surface area (Å²) in [4.78, 5) is 24.1. The van der Waals surface area contributed by atoms with E-state index in [2.05, 4.69) is 47.7 Å². The maximum atomic E-state index is 12.7. The van der Waals surface area contributed by atoms with E-state index in [0.717, 1.165) is 50.5 Å². The zero-order valence-electron chi connectivity index (χ0n) is 24.9. The average Bonchev–Trinajstić information content (AvgIpc) is 3.30. The monoisotopic (exact) mass is 546 g/mol. The molecule has 0 radical (unpaired) electrons. The summed E-state index contributed by atoms with van der Waals surface area (Å²) in [6.45, 7) is 18.0. The van der Waals surface area contributed by atoms with Gasteiger partial charge in [-0.1, -0.05) is 34.6 Å². The Kier molecular flexibility index (Phi) is 6.84. The number of hydrogen-bond donors (Lipinski definition) is 1. The van der Waals surface area contributed by atoms with E-state index in [-0.39, 0.29) is 40.8 Å². The highest BCUT2D eigenvalue weighted by Crippen LogP contribution is 2.70. The van der Waals surface area contributed by atoms with Crippen LogP contribution in [-0.4, -0.2) is 49.8 Å². The SMILES string of the molecule is CC(=O)O[C@H]1C[C@]2(O)[C@@H]3CC[C@@H]4C[C@@H](O[Si](C)(C)C(C)(C)C)CC[C@]4(C)[C@H]3CC[C@]2(C)[C@H]1C1=CC(=O)OC1. The van der Waals surface area contributed by atoms with Crippen molar-refractivity contribution in [3.63, 3.8) is 0 Å². The standard InChI is InChI=1S/C31H50O6Si/c1-19(32)36-25-17-31(34)24-10-9-21-16-22(37-38(7,8)28(2,3)4)11-13-29(21,5)23(24)12-14-30(31,6)27(25)20-15-26(33)35-18-20/h15,21-25,27,34H,9-14,16-18H2,1-8H3/t21-,22+,23+,24-,25+,27+,29+,30-,31+/m1/s1. The number of esters is 2. The molecular weight excluding hydrogens is 496 g/mol. The molecule has 4 aliphatic carbocycles. The minimum absolute atomic E-state index is 0.169. The lowest BCUT2D eigenvalue weighted by molar-refractivity contribution is -0.207. The zero-order valence-corrected chi connectivity index (χ0v) is 25.9. The highest BCUT2D eigenvalue weighted by molar-refractivity contribution is 6.74. The van der Waals surface area contributed by atoms with Crippen LogP contribution in [0.3, 0.4) is 0 Å². The van der Waals surface area contributed by atoms with Crippen molar-refractivity contribution < 1.29 is 28.6 Å². The Morgan fingerprint density at radius 3 is 2.42 bits per heavy atom. The molecule has 1 heterocycles. The molecule has 5 aliphatic rings. The molecule has 0 aromatic heterocycles. The number of cyclic esters (lactones) is 1. The van der Waals surface area contributed by atoms with Crippen molar-refractivity contribution in [3.8, 4) is 0 Å². The molecule has 1 N–H and O–H groups in total. The molecule has 214 valence electrons. The van der Waals surface area contributed by atoms with E-state index in [9.17, 15) is 14.7 Å². The predicted molar refractivity (Wildman–Crippen MR) is 149 cm³/mol. The molecule has 0 bridgehead atoms. The number of ether oxygens (including phenoxy) is 2. The summed E-state index contributed by atoms with van der Waals surface area (Å²) in [5, 5.41) is 12.9. The van der Waals surface area contributed by atoms with Crippen molar-refractivity contribution in [1.29, 1.82) is 0 Å². The van der Waals surface area contributed by atoms with E-state index >= 15 is 0 Å². The van der Waals surface area contributed by atoms with Crippen LogP contribution < -0.4 is 0 Å². The Hall–Kier alpha value is -1.18. The highest BCUT2D eigenvalue weighted by atomic mass is 28.4. The first kappa shape index (κ1) is 28.3. The van der Waals surface area contributed by atoms with E-state index in [0.29, 0.717) is 24.4 Å². The highest BCUT2D eigenvalue weighted by Gasteiger charge is 2.71. The first-order valence-electron chi connectivity index (χ1n) is 15.0. The van der Waals surface area contributed by atoms with Crippen LogP contribution in [-0.2, 0) is 23.5 Å². The molecule has 6 nitrogen and oxygen atoms in total. The van der Waals surface area contributed by atoms with E-state index in [1.165, 1.54) is 6.92 Å². The lowest BCUT2D eigenvalue weighted by atomic mass is 9.43. The summed E-state index contributed by atoms with van der Waals surface area (Å²) in [5.41, 5.74) is -0.329. The Morgan fingerprint density at radius 1 is 1.11 bits per heavy atom. The smallest absolute Gasteiger partial charge is 0.331 e. The number of rotatable bonds is 4. The molecule has 4 fully saturated rings. The number of carbonyl (C=O) groups is 2. The van der Waals surface area contributed by atoms with Gasteiger partial charge in [0.1, 0.15) is 12.7 Å². The normalized spacial score (nSPS) is 45.0.